The van der Waals surface area contributed by atoms with Gasteiger partial charge in [0, 0.05) is 19.5 Å². The third-order valence-corrected chi connectivity index (χ3v) is 2.59. The molecule has 0 unspecified atom stereocenters. The Kier molecular flexibility index (Phi) is 2.58. The van der Waals surface area contributed by atoms with Crippen LogP contribution in [0.2, 0.25) is 0 Å². The lowest BCUT2D eigenvalue weighted by Gasteiger charge is -2.22. The summed E-state index contributed by atoms with van der Waals surface area (Å²) in [6, 6.07) is 4.85. The molecule has 4 heteroatoms. The van der Waals surface area contributed by atoms with Crippen molar-refractivity contribution in [1.29, 1.82) is 0 Å². The van der Waals surface area contributed by atoms with Crippen LogP contribution in [0, 0.1) is 5.82 Å². The van der Waals surface area contributed by atoms with Crippen LogP contribution in [0.5, 0.6) is 0 Å². The average Bonchev–Trinajstić information content (AvgIpc) is 2.38. The largest absolute Gasteiger partial charge is 0.370 e. The number of para-hydroxylation sites is 1. The molecule has 0 saturated heterocycles. The molecular weight excluding hydrogens is 195 g/mol. The van der Waals surface area contributed by atoms with Gasteiger partial charge in [0.25, 0.3) is 0 Å². The van der Waals surface area contributed by atoms with E-state index in [9.17, 15) is 9.18 Å². The maximum Gasteiger partial charge on any atom is 0.226 e. The van der Waals surface area contributed by atoms with Gasteiger partial charge in [-0.1, -0.05) is 6.07 Å². The lowest BCUT2D eigenvalue weighted by molar-refractivity contribution is -0.116. The number of halogens is 1. The van der Waals surface area contributed by atoms with Crippen LogP contribution in [0.15, 0.2) is 18.2 Å². The summed E-state index contributed by atoms with van der Waals surface area (Å²) in [5.41, 5.74) is 1.07. The van der Waals surface area contributed by atoms with Crippen LogP contribution in [0.4, 0.5) is 15.8 Å². The first-order valence-electron chi connectivity index (χ1n) is 5.05. The fraction of sp³-hybridized carbons (Fsp3) is 0.364. The molecule has 0 fully saturated rings. The second kappa shape index (κ2) is 3.88. The first kappa shape index (κ1) is 9.96. The number of nitrogens with one attached hydrogen (secondary N) is 1. The molecule has 1 aromatic rings. The number of benzene rings is 1. The van der Waals surface area contributed by atoms with Gasteiger partial charge in [-0.25, -0.2) is 4.39 Å². The van der Waals surface area contributed by atoms with Crippen molar-refractivity contribution in [2.75, 3.05) is 23.3 Å². The van der Waals surface area contributed by atoms with Gasteiger partial charge < -0.3 is 10.2 Å². The van der Waals surface area contributed by atoms with Gasteiger partial charge in [-0.05, 0) is 19.1 Å². The molecule has 0 atom stereocenters. The molecule has 0 radical (unpaired) electrons. The summed E-state index contributed by atoms with van der Waals surface area (Å²) < 4.78 is 13.5. The highest BCUT2D eigenvalue weighted by Crippen LogP contribution is 2.30. The summed E-state index contributed by atoms with van der Waals surface area (Å²) in [6.07, 6.45) is 0.405. The van der Waals surface area contributed by atoms with Gasteiger partial charge in [0.2, 0.25) is 5.91 Å². The molecule has 1 heterocycles. The number of fused-ring (bicyclic) bond motifs is 1. The lowest BCUT2D eigenvalue weighted by Crippen LogP contribution is -2.23. The molecule has 1 N–H and O–H groups in total. The topological polar surface area (TPSA) is 32.3 Å². The number of nitrogens with zero attached hydrogens (tertiary/aromatic N) is 1. The van der Waals surface area contributed by atoms with Crippen LogP contribution in [0.1, 0.15) is 13.3 Å². The Bertz CT molecular complexity index is 392. The van der Waals surface area contributed by atoms with E-state index in [0.29, 0.717) is 18.7 Å². The summed E-state index contributed by atoms with van der Waals surface area (Å²) in [6.45, 7) is 3.40. The van der Waals surface area contributed by atoms with E-state index in [1.165, 1.54) is 6.07 Å². The van der Waals surface area contributed by atoms with Gasteiger partial charge >= 0.3 is 0 Å². The number of hydrogen-bond donors (Lipinski definition) is 1. The van der Waals surface area contributed by atoms with Crippen LogP contribution in [0.3, 0.4) is 0 Å². The Morgan fingerprint density at radius 2 is 2.33 bits per heavy atom. The molecule has 0 aliphatic carbocycles. The standard InChI is InChI=1S/C11H13FN2O/c1-2-14-7-6-10(15)13-11-8(12)4-3-5-9(11)14/h3-5H,2,6-7H2,1H3,(H,13,15). The second-order valence-electron chi connectivity index (χ2n) is 3.51. The molecule has 15 heavy (non-hydrogen) atoms. The maximum atomic E-state index is 13.5. The van der Waals surface area contributed by atoms with Gasteiger partial charge in [-0.15, -0.1) is 0 Å². The summed E-state index contributed by atoms with van der Waals surface area (Å²) in [7, 11) is 0. The minimum Gasteiger partial charge on any atom is -0.370 e. The van der Waals surface area contributed by atoms with Crippen molar-refractivity contribution in [3.8, 4) is 0 Å². The van der Waals surface area contributed by atoms with Crippen LogP contribution >= 0.6 is 0 Å². The van der Waals surface area contributed by atoms with Gasteiger partial charge in [0.05, 0.1) is 5.69 Å². The molecule has 80 valence electrons. The number of carbonyl (C=O) groups is 1. The molecule has 1 aromatic carbocycles. The minimum atomic E-state index is -0.374. The van der Waals surface area contributed by atoms with Crippen LogP contribution in [-0.2, 0) is 4.79 Å². The van der Waals surface area contributed by atoms with E-state index in [1.807, 2.05) is 17.9 Å². The molecule has 0 bridgehead atoms. The van der Waals surface area contributed by atoms with Crippen molar-refractivity contribution >= 4 is 17.3 Å². The van der Waals surface area contributed by atoms with E-state index in [0.717, 1.165) is 12.2 Å². The third kappa shape index (κ3) is 1.79. The van der Waals surface area contributed by atoms with Crippen molar-refractivity contribution in [3.63, 3.8) is 0 Å². The number of amides is 1. The highest BCUT2D eigenvalue weighted by molar-refractivity contribution is 5.96. The molecule has 0 saturated carbocycles. The van der Waals surface area contributed by atoms with Crippen LogP contribution < -0.4 is 10.2 Å². The van der Waals surface area contributed by atoms with Gasteiger partial charge in [-0.2, -0.15) is 0 Å². The van der Waals surface area contributed by atoms with Crippen molar-refractivity contribution in [2.24, 2.45) is 0 Å². The van der Waals surface area contributed by atoms with Crippen molar-refractivity contribution < 1.29 is 9.18 Å². The predicted octanol–water partition coefficient (Wildman–Crippen LogP) is 1.99. The highest BCUT2D eigenvalue weighted by atomic mass is 19.1. The van der Waals surface area contributed by atoms with Gasteiger partial charge in [-0.3, -0.25) is 4.79 Å². The fourth-order valence-electron chi connectivity index (χ4n) is 1.79. The van der Waals surface area contributed by atoms with Crippen LogP contribution in [0.25, 0.3) is 0 Å². The van der Waals surface area contributed by atoms with E-state index in [2.05, 4.69) is 5.32 Å². The Morgan fingerprint density at radius 1 is 1.53 bits per heavy atom. The van der Waals surface area contributed by atoms with E-state index in [-0.39, 0.29) is 11.7 Å². The van der Waals surface area contributed by atoms with Crippen LogP contribution in [-0.4, -0.2) is 19.0 Å². The van der Waals surface area contributed by atoms with Gasteiger partial charge in [0.1, 0.15) is 11.5 Å². The molecule has 1 aliphatic rings. The summed E-state index contributed by atoms with van der Waals surface area (Å²) in [5, 5.41) is 2.60. The number of hydrogen-bond acceptors (Lipinski definition) is 2. The number of rotatable bonds is 1. The molecule has 0 aromatic heterocycles. The Hall–Kier alpha value is -1.58. The highest BCUT2D eigenvalue weighted by Gasteiger charge is 2.20. The third-order valence-electron chi connectivity index (χ3n) is 2.59. The summed E-state index contributed by atoms with van der Waals surface area (Å²) in [5.74, 6) is -0.501. The Balaban J connectivity index is 2.49. The molecular formula is C11H13FN2O. The average molecular weight is 208 g/mol. The van der Waals surface area contributed by atoms with E-state index in [4.69, 9.17) is 0 Å². The lowest BCUT2D eigenvalue weighted by atomic mass is 10.2. The van der Waals surface area contributed by atoms with E-state index in [1.54, 1.807) is 6.07 Å². The zero-order valence-electron chi connectivity index (χ0n) is 8.59. The molecule has 1 amide bonds. The zero-order valence-corrected chi connectivity index (χ0v) is 8.59. The van der Waals surface area contributed by atoms with Gasteiger partial charge in [0.15, 0.2) is 0 Å². The summed E-state index contributed by atoms with van der Waals surface area (Å²) in [4.78, 5) is 13.4. The predicted molar refractivity (Wildman–Crippen MR) is 57.5 cm³/mol. The minimum absolute atomic E-state index is 0.127. The fourth-order valence-corrected chi connectivity index (χ4v) is 1.79. The molecule has 2 rings (SSSR count). The first-order valence-corrected chi connectivity index (χ1v) is 5.05. The van der Waals surface area contributed by atoms with E-state index >= 15 is 0 Å². The Morgan fingerprint density at radius 3 is 3.07 bits per heavy atom. The monoisotopic (exact) mass is 208 g/mol. The molecule has 0 spiro atoms. The van der Waals surface area contributed by atoms with Crippen molar-refractivity contribution in [3.05, 3.63) is 24.0 Å². The van der Waals surface area contributed by atoms with Crippen molar-refractivity contribution in [2.45, 2.75) is 13.3 Å². The zero-order chi connectivity index (χ0) is 10.8. The smallest absolute Gasteiger partial charge is 0.226 e. The normalized spacial score (nSPS) is 15.6. The van der Waals surface area contributed by atoms with E-state index < -0.39 is 0 Å². The molecule has 1 aliphatic heterocycles. The second-order valence-corrected chi connectivity index (χ2v) is 3.51. The number of carbonyl (C=O) groups excluding carboxylic acids is 1. The number of anilines is 2. The summed E-state index contributed by atoms with van der Waals surface area (Å²) >= 11 is 0. The van der Waals surface area contributed by atoms with Crippen molar-refractivity contribution in [1.82, 2.24) is 0 Å². The maximum absolute atomic E-state index is 13.5. The molecule has 3 nitrogen and oxygen atoms in total. The Labute approximate surface area is 87.9 Å². The SMILES string of the molecule is CCN1CCC(=O)Nc2c(F)cccc21. The quantitative estimate of drug-likeness (QED) is 0.765. The first-order chi connectivity index (χ1) is 7.22.